The van der Waals surface area contributed by atoms with Crippen LogP contribution in [-0.4, -0.2) is 24.8 Å². The highest BCUT2D eigenvalue weighted by Crippen LogP contribution is 2.31. The second-order valence-electron chi connectivity index (χ2n) is 8.64. The van der Waals surface area contributed by atoms with Gasteiger partial charge in [-0.2, -0.15) is 0 Å². The van der Waals surface area contributed by atoms with Crippen LogP contribution in [0.1, 0.15) is 54.1 Å². The van der Waals surface area contributed by atoms with Crippen molar-refractivity contribution in [2.45, 2.75) is 39.0 Å². The standard InChI is InChI=1S/C30H30O6/c1-3-8-23-26(35-18-7-5-4-6-9-20-10-13-22(34-2)14-11-20)17-15-24-28(31)25-19-21(30(32)33)12-16-27(25)36-29(23)24/h6,9-17,19H,3-5,7-8,18H2,1-2H3,(H,32,33)/b9-6+. The van der Waals surface area contributed by atoms with E-state index in [1.165, 1.54) is 12.1 Å². The number of ether oxygens (including phenoxy) is 2. The van der Waals surface area contributed by atoms with E-state index in [4.69, 9.17) is 13.9 Å². The summed E-state index contributed by atoms with van der Waals surface area (Å²) in [5.41, 5.74) is 2.72. The van der Waals surface area contributed by atoms with Crippen LogP contribution in [0.25, 0.3) is 28.0 Å². The molecule has 0 aliphatic rings. The molecule has 0 bridgehead atoms. The van der Waals surface area contributed by atoms with E-state index >= 15 is 0 Å². The molecule has 4 rings (SSSR count). The van der Waals surface area contributed by atoms with Gasteiger partial charge in [0.2, 0.25) is 5.43 Å². The van der Waals surface area contributed by atoms with Crippen molar-refractivity contribution in [1.82, 2.24) is 0 Å². The number of methoxy groups -OCH3 is 1. The van der Waals surface area contributed by atoms with E-state index < -0.39 is 5.97 Å². The summed E-state index contributed by atoms with van der Waals surface area (Å²) in [4.78, 5) is 24.4. The minimum Gasteiger partial charge on any atom is -0.497 e. The van der Waals surface area contributed by atoms with Gasteiger partial charge in [-0.3, -0.25) is 4.79 Å². The Balaban J connectivity index is 1.44. The lowest BCUT2D eigenvalue weighted by Crippen LogP contribution is -2.07. The van der Waals surface area contributed by atoms with Crippen LogP contribution in [-0.2, 0) is 6.42 Å². The van der Waals surface area contributed by atoms with Gasteiger partial charge < -0.3 is 19.0 Å². The highest BCUT2D eigenvalue weighted by Gasteiger charge is 2.16. The van der Waals surface area contributed by atoms with Gasteiger partial charge in [0.05, 0.1) is 30.1 Å². The summed E-state index contributed by atoms with van der Waals surface area (Å²) in [5, 5.41) is 9.96. The molecule has 0 atom stereocenters. The Labute approximate surface area is 209 Å². The molecule has 0 saturated heterocycles. The van der Waals surface area contributed by atoms with Gasteiger partial charge in [0.25, 0.3) is 0 Å². The lowest BCUT2D eigenvalue weighted by Gasteiger charge is -2.13. The smallest absolute Gasteiger partial charge is 0.335 e. The molecule has 0 saturated carbocycles. The Hall–Kier alpha value is -4.06. The largest absolute Gasteiger partial charge is 0.497 e. The Bertz CT molecular complexity index is 1450. The molecule has 186 valence electrons. The molecule has 0 fully saturated rings. The predicted octanol–water partition coefficient (Wildman–Crippen LogP) is 6.87. The molecular weight excluding hydrogens is 456 g/mol. The number of hydrogen-bond donors (Lipinski definition) is 1. The monoisotopic (exact) mass is 486 g/mol. The lowest BCUT2D eigenvalue weighted by molar-refractivity contribution is 0.0697. The number of aryl methyl sites for hydroxylation is 1. The fraction of sp³-hybridized carbons (Fsp3) is 0.267. The maximum absolute atomic E-state index is 13.1. The van der Waals surface area contributed by atoms with Crippen LogP contribution in [0.15, 0.2) is 69.9 Å². The van der Waals surface area contributed by atoms with E-state index in [0.29, 0.717) is 29.6 Å². The molecule has 6 nitrogen and oxygen atoms in total. The summed E-state index contributed by atoms with van der Waals surface area (Å²) in [6, 6.07) is 15.8. The zero-order valence-corrected chi connectivity index (χ0v) is 20.6. The van der Waals surface area contributed by atoms with Crippen LogP contribution < -0.4 is 14.9 Å². The predicted molar refractivity (Wildman–Crippen MR) is 142 cm³/mol. The number of rotatable bonds is 11. The van der Waals surface area contributed by atoms with Crippen LogP contribution in [0.4, 0.5) is 0 Å². The van der Waals surface area contributed by atoms with Crippen molar-refractivity contribution in [3.8, 4) is 11.5 Å². The fourth-order valence-corrected chi connectivity index (χ4v) is 4.19. The summed E-state index contributed by atoms with van der Waals surface area (Å²) in [6.45, 7) is 2.63. The van der Waals surface area contributed by atoms with Gasteiger partial charge >= 0.3 is 5.97 Å². The quantitative estimate of drug-likeness (QED) is 0.184. The van der Waals surface area contributed by atoms with Crippen molar-refractivity contribution in [2.75, 3.05) is 13.7 Å². The molecule has 3 aromatic carbocycles. The Morgan fingerprint density at radius 2 is 1.83 bits per heavy atom. The van der Waals surface area contributed by atoms with Gasteiger partial charge in [-0.1, -0.05) is 37.6 Å². The molecule has 0 aliphatic carbocycles. The fourth-order valence-electron chi connectivity index (χ4n) is 4.19. The van der Waals surface area contributed by atoms with Crippen LogP contribution in [0.3, 0.4) is 0 Å². The van der Waals surface area contributed by atoms with Crippen LogP contribution in [0.2, 0.25) is 0 Å². The minimum atomic E-state index is -1.08. The third-order valence-corrected chi connectivity index (χ3v) is 6.09. The molecule has 0 radical (unpaired) electrons. The van der Waals surface area contributed by atoms with Crippen molar-refractivity contribution >= 4 is 34.0 Å². The number of hydrogen-bond acceptors (Lipinski definition) is 5. The second-order valence-corrected chi connectivity index (χ2v) is 8.64. The zero-order chi connectivity index (χ0) is 25.5. The number of unbranched alkanes of at least 4 members (excludes halogenated alkanes) is 2. The van der Waals surface area contributed by atoms with Crippen LogP contribution in [0, 0.1) is 0 Å². The van der Waals surface area contributed by atoms with Crippen molar-refractivity contribution in [3.05, 3.63) is 87.6 Å². The summed E-state index contributed by atoms with van der Waals surface area (Å²) in [5.74, 6) is 0.492. The average Bonchev–Trinajstić information content (AvgIpc) is 2.89. The number of aromatic carboxylic acids is 1. The van der Waals surface area contributed by atoms with Gasteiger partial charge in [0, 0.05) is 5.56 Å². The summed E-state index contributed by atoms with van der Waals surface area (Å²) in [7, 11) is 1.66. The third-order valence-electron chi connectivity index (χ3n) is 6.09. The maximum atomic E-state index is 13.1. The van der Waals surface area contributed by atoms with E-state index in [2.05, 4.69) is 19.1 Å². The SMILES string of the molecule is CCCc1c(OCCCC/C=C/c2ccc(OC)cc2)ccc2c(=O)c3cc(C(=O)O)ccc3oc12. The van der Waals surface area contributed by atoms with Gasteiger partial charge in [0.1, 0.15) is 22.7 Å². The molecule has 0 spiro atoms. The molecule has 0 amide bonds. The molecule has 4 aromatic rings. The summed E-state index contributed by atoms with van der Waals surface area (Å²) < 4.78 is 17.4. The molecule has 1 N–H and O–H groups in total. The van der Waals surface area contributed by atoms with Gasteiger partial charge in [-0.05, 0) is 73.7 Å². The van der Waals surface area contributed by atoms with E-state index in [1.807, 2.05) is 30.3 Å². The van der Waals surface area contributed by atoms with Crippen molar-refractivity contribution in [2.24, 2.45) is 0 Å². The molecule has 0 aliphatic heterocycles. The van der Waals surface area contributed by atoms with E-state index in [9.17, 15) is 14.7 Å². The van der Waals surface area contributed by atoms with Crippen molar-refractivity contribution < 1.29 is 23.8 Å². The average molecular weight is 487 g/mol. The number of carbonyl (C=O) groups is 1. The molecule has 0 unspecified atom stereocenters. The van der Waals surface area contributed by atoms with Gasteiger partial charge in [-0.25, -0.2) is 4.79 Å². The summed E-state index contributed by atoms with van der Waals surface area (Å²) >= 11 is 0. The number of carboxylic acids is 1. The molecule has 36 heavy (non-hydrogen) atoms. The van der Waals surface area contributed by atoms with E-state index in [-0.39, 0.29) is 16.4 Å². The Morgan fingerprint density at radius 1 is 1.03 bits per heavy atom. The topological polar surface area (TPSA) is 86.0 Å². The Kier molecular flexibility index (Phi) is 8.06. The van der Waals surface area contributed by atoms with E-state index in [1.54, 1.807) is 19.2 Å². The van der Waals surface area contributed by atoms with Crippen LogP contribution in [0.5, 0.6) is 11.5 Å². The van der Waals surface area contributed by atoms with Crippen LogP contribution >= 0.6 is 0 Å². The zero-order valence-electron chi connectivity index (χ0n) is 20.6. The molecule has 6 heteroatoms. The first kappa shape index (κ1) is 25.0. The maximum Gasteiger partial charge on any atom is 0.335 e. The normalized spacial score (nSPS) is 11.4. The van der Waals surface area contributed by atoms with Gasteiger partial charge in [0.15, 0.2) is 0 Å². The number of fused-ring (bicyclic) bond motifs is 2. The highest BCUT2D eigenvalue weighted by atomic mass is 16.5. The van der Waals surface area contributed by atoms with Crippen molar-refractivity contribution in [3.63, 3.8) is 0 Å². The molecule has 1 aromatic heterocycles. The van der Waals surface area contributed by atoms with Gasteiger partial charge in [-0.15, -0.1) is 0 Å². The molecule has 1 heterocycles. The molecular formula is C30H30O6. The summed E-state index contributed by atoms with van der Waals surface area (Å²) in [6.07, 6.45) is 8.69. The first-order valence-corrected chi connectivity index (χ1v) is 12.2. The number of allylic oxidation sites excluding steroid dienone is 1. The van der Waals surface area contributed by atoms with Crippen molar-refractivity contribution in [1.29, 1.82) is 0 Å². The minimum absolute atomic E-state index is 0.0572. The highest BCUT2D eigenvalue weighted by molar-refractivity contribution is 5.97. The number of carboxylic acid groups (broad SMARTS) is 1. The first-order chi connectivity index (χ1) is 17.5. The van der Waals surface area contributed by atoms with E-state index in [0.717, 1.165) is 48.3 Å². The Morgan fingerprint density at radius 3 is 2.56 bits per heavy atom. The lowest BCUT2D eigenvalue weighted by atomic mass is 10.0. The first-order valence-electron chi connectivity index (χ1n) is 12.2. The third kappa shape index (κ3) is 5.60. The number of benzene rings is 3. The second kappa shape index (κ2) is 11.6.